The second-order valence-electron chi connectivity index (χ2n) is 6.00. The quantitative estimate of drug-likeness (QED) is 0.841. The average Bonchev–Trinajstić information content (AvgIpc) is 2.89. The van der Waals surface area contributed by atoms with E-state index in [1.54, 1.807) is 11.3 Å². The smallest absolute Gasteiger partial charge is 0.223 e. The lowest BCUT2D eigenvalue weighted by Crippen LogP contribution is -2.29. The van der Waals surface area contributed by atoms with Gasteiger partial charge in [-0.25, -0.2) is 4.98 Å². The summed E-state index contributed by atoms with van der Waals surface area (Å²) in [5, 5.41) is 6.29. The van der Waals surface area contributed by atoms with Crippen molar-refractivity contribution >= 4 is 17.2 Å². The molecule has 1 aromatic rings. The molecule has 3 nitrogen and oxygen atoms in total. The lowest BCUT2D eigenvalue weighted by atomic mass is 9.84. The third-order valence-corrected chi connectivity index (χ3v) is 5.55. The van der Waals surface area contributed by atoms with Crippen molar-refractivity contribution in [1.29, 1.82) is 0 Å². The lowest BCUT2D eigenvalue weighted by molar-refractivity contribution is -0.123. The van der Waals surface area contributed by atoms with Gasteiger partial charge in [0, 0.05) is 30.5 Å². The Morgan fingerprint density at radius 1 is 1.42 bits per heavy atom. The van der Waals surface area contributed by atoms with Gasteiger partial charge >= 0.3 is 0 Å². The fourth-order valence-electron chi connectivity index (χ4n) is 3.48. The van der Waals surface area contributed by atoms with Crippen molar-refractivity contribution in [3.05, 3.63) is 16.6 Å². The Morgan fingerprint density at radius 3 is 3.00 bits per heavy atom. The number of thiazole rings is 1. The monoisotopic (exact) mass is 278 g/mol. The van der Waals surface area contributed by atoms with E-state index in [2.05, 4.69) is 10.3 Å². The van der Waals surface area contributed by atoms with Crippen LogP contribution < -0.4 is 5.32 Å². The molecule has 1 aromatic heterocycles. The van der Waals surface area contributed by atoms with Gasteiger partial charge in [-0.15, -0.1) is 11.3 Å². The van der Waals surface area contributed by atoms with Gasteiger partial charge in [-0.05, 0) is 31.1 Å². The molecule has 1 amide bonds. The van der Waals surface area contributed by atoms with Gasteiger partial charge in [0.25, 0.3) is 0 Å². The van der Waals surface area contributed by atoms with Gasteiger partial charge in [0.15, 0.2) is 0 Å². The molecule has 0 aliphatic heterocycles. The molecular weight excluding hydrogens is 256 g/mol. The van der Waals surface area contributed by atoms with Crippen molar-refractivity contribution in [3.8, 4) is 0 Å². The maximum atomic E-state index is 12.1. The molecule has 2 aliphatic carbocycles. The first kappa shape index (κ1) is 13.1. The molecule has 1 heterocycles. The number of aromatic nitrogens is 1. The predicted octanol–water partition coefficient (Wildman–Crippen LogP) is 3.16. The fourth-order valence-corrected chi connectivity index (χ4v) is 4.14. The highest BCUT2D eigenvalue weighted by molar-refractivity contribution is 7.09. The van der Waals surface area contributed by atoms with Crippen LogP contribution in [0, 0.1) is 11.3 Å². The molecule has 1 atom stereocenters. The number of rotatable bonds is 5. The summed E-state index contributed by atoms with van der Waals surface area (Å²) in [5.74, 6) is 0.633. The fraction of sp³-hybridized carbons (Fsp3) is 0.733. The number of hydrogen-bond donors (Lipinski definition) is 1. The van der Waals surface area contributed by atoms with Crippen molar-refractivity contribution in [3.63, 3.8) is 0 Å². The number of aryl methyl sites for hydroxylation is 1. The maximum absolute atomic E-state index is 12.1. The van der Waals surface area contributed by atoms with Crippen LogP contribution in [0.3, 0.4) is 0 Å². The molecule has 0 bridgehead atoms. The summed E-state index contributed by atoms with van der Waals surface area (Å²) in [6, 6.07) is 0. The van der Waals surface area contributed by atoms with E-state index in [1.807, 2.05) is 11.6 Å². The van der Waals surface area contributed by atoms with Crippen LogP contribution in [0.5, 0.6) is 0 Å². The largest absolute Gasteiger partial charge is 0.356 e. The van der Waals surface area contributed by atoms with Crippen LogP contribution in [0.2, 0.25) is 0 Å². The molecule has 0 aromatic carbocycles. The summed E-state index contributed by atoms with van der Waals surface area (Å²) in [4.78, 5) is 16.4. The zero-order valence-electron chi connectivity index (χ0n) is 11.4. The highest BCUT2D eigenvalue weighted by Crippen LogP contribution is 2.61. The highest BCUT2D eigenvalue weighted by atomic mass is 32.1. The van der Waals surface area contributed by atoms with Gasteiger partial charge in [0.05, 0.1) is 5.01 Å². The van der Waals surface area contributed by atoms with Crippen LogP contribution in [0.1, 0.15) is 50.0 Å². The van der Waals surface area contributed by atoms with Crippen LogP contribution in [0.15, 0.2) is 11.6 Å². The predicted molar refractivity (Wildman–Crippen MR) is 77.1 cm³/mol. The van der Waals surface area contributed by atoms with Crippen molar-refractivity contribution < 1.29 is 4.79 Å². The van der Waals surface area contributed by atoms with Crippen molar-refractivity contribution in [2.45, 2.75) is 51.4 Å². The number of nitrogens with one attached hydrogen (secondary N) is 1. The standard InChI is InChI=1S/C15H22N2OS/c18-14(12-11-15(12)6-2-1-3-7-15)17-8-4-5-13-16-9-10-19-13/h9-10,12H,1-8,11H2,(H,17,18). The normalized spacial score (nSPS) is 24.3. The molecule has 1 spiro atoms. The van der Waals surface area contributed by atoms with Gasteiger partial charge < -0.3 is 5.32 Å². The number of carbonyl (C=O) groups is 1. The minimum absolute atomic E-state index is 0.307. The molecule has 4 heteroatoms. The lowest BCUT2D eigenvalue weighted by Gasteiger charge is -2.22. The van der Waals surface area contributed by atoms with Crippen molar-refractivity contribution in [1.82, 2.24) is 10.3 Å². The second kappa shape index (κ2) is 5.61. The van der Waals surface area contributed by atoms with Crippen LogP contribution in [0.25, 0.3) is 0 Å². The molecule has 2 saturated carbocycles. The average molecular weight is 278 g/mol. The van der Waals surface area contributed by atoms with E-state index in [0.717, 1.165) is 25.8 Å². The summed E-state index contributed by atoms with van der Waals surface area (Å²) >= 11 is 1.69. The van der Waals surface area contributed by atoms with E-state index >= 15 is 0 Å². The summed E-state index contributed by atoms with van der Waals surface area (Å²) in [5.41, 5.74) is 0.414. The van der Waals surface area contributed by atoms with Crippen LogP contribution in [0.4, 0.5) is 0 Å². The molecule has 104 valence electrons. The minimum atomic E-state index is 0.307. The van der Waals surface area contributed by atoms with Gasteiger partial charge in [-0.3, -0.25) is 4.79 Å². The van der Waals surface area contributed by atoms with E-state index in [0.29, 0.717) is 17.2 Å². The van der Waals surface area contributed by atoms with Crippen molar-refractivity contribution in [2.75, 3.05) is 6.54 Å². The van der Waals surface area contributed by atoms with E-state index in [9.17, 15) is 4.79 Å². The minimum Gasteiger partial charge on any atom is -0.356 e. The third-order valence-electron chi connectivity index (χ3n) is 4.71. The van der Waals surface area contributed by atoms with Crippen molar-refractivity contribution in [2.24, 2.45) is 11.3 Å². The van der Waals surface area contributed by atoms with E-state index in [-0.39, 0.29) is 0 Å². The molecule has 0 saturated heterocycles. The Hall–Kier alpha value is -0.900. The summed E-state index contributed by atoms with van der Waals surface area (Å²) < 4.78 is 0. The van der Waals surface area contributed by atoms with Gasteiger partial charge in [0.2, 0.25) is 5.91 Å². The molecular formula is C15H22N2OS. The van der Waals surface area contributed by atoms with E-state index in [4.69, 9.17) is 0 Å². The maximum Gasteiger partial charge on any atom is 0.223 e. The molecule has 1 N–H and O–H groups in total. The zero-order chi connectivity index (χ0) is 13.1. The third kappa shape index (κ3) is 2.99. The first-order valence-corrected chi connectivity index (χ1v) is 8.34. The molecule has 3 rings (SSSR count). The molecule has 2 aliphatic rings. The Kier molecular flexibility index (Phi) is 3.87. The number of hydrogen-bond acceptors (Lipinski definition) is 3. The number of nitrogens with zero attached hydrogens (tertiary/aromatic N) is 1. The molecule has 19 heavy (non-hydrogen) atoms. The highest BCUT2D eigenvalue weighted by Gasteiger charge is 2.57. The molecule has 1 unspecified atom stereocenters. The Bertz CT molecular complexity index is 423. The van der Waals surface area contributed by atoms with E-state index < -0.39 is 0 Å². The van der Waals surface area contributed by atoms with E-state index in [1.165, 1.54) is 37.1 Å². The Labute approximate surface area is 118 Å². The first-order chi connectivity index (χ1) is 9.30. The summed E-state index contributed by atoms with van der Waals surface area (Å²) in [7, 11) is 0. The number of amides is 1. The molecule has 0 radical (unpaired) electrons. The van der Waals surface area contributed by atoms with Gasteiger partial charge in [0.1, 0.15) is 0 Å². The van der Waals surface area contributed by atoms with Crippen LogP contribution in [-0.2, 0) is 11.2 Å². The summed E-state index contributed by atoms with van der Waals surface area (Å²) in [6.45, 7) is 0.797. The van der Waals surface area contributed by atoms with Gasteiger partial charge in [-0.1, -0.05) is 19.3 Å². The SMILES string of the molecule is O=C(NCCCc1nccs1)C1CC12CCCCC2. The Morgan fingerprint density at radius 2 is 2.26 bits per heavy atom. The first-order valence-electron chi connectivity index (χ1n) is 7.46. The topological polar surface area (TPSA) is 42.0 Å². The molecule has 2 fully saturated rings. The summed E-state index contributed by atoms with van der Waals surface area (Å²) in [6.07, 6.45) is 11.5. The second-order valence-corrected chi connectivity index (χ2v) is 6.98. The Balaban J connectivity index is 1.36. The zero-order valence-corrected chi connectivity index (χ0v) is 12.2. The number of carbonyl (C=O) groups excluding carboxylic acids is 1. The van der Waals surface area contributed by atoms with Crippen LogP contribution in [-0.4, -0.2) is 17.4 Å². The van der Waals surface area contributed by atoms with Gasteiger partial charge in [-0.2, -0.15) is 0 Å². The van der Waals surface area contributed by atoms with Crippen LogP contribution >= 0.6 is 11.3 Å².